The third-order valence-electron chi connectivity index (χ3n) is 5.01. The van der Waals surface area contributed by atoms with E-state index in [0.29, 0.717) is 31.0 Å². The normalized spacial score (nSPS) is 25.7. The first-order valence-corrected chi connectivity index (χ1v) is 8.52. The molecule has 2 aliphatic rings. The summed E-state index contributed by atoms with van der Waals surface area (Å²) in [5, 5.41) is 9.31. The average Bonchev–Trinajstić information content (AvgIpc) is 3.03. The lowest BCUT2D eigenvalue weighted by Gasteiger charge is -2.35. The van der Waals surface area contributed by atoms with Crippen LogP contribution in [0.2, 0.25) is 0 Å². The van der Waals surface area contributed by atoms with E-state index in [2.05, 4.69) is 16.7 Å². The molecule has 2 saturated heterocycles. The lowest BCUT2D eigenvalue weighted by Crippen LogP contribution is -2.42. The summed E-state index contributed by atoms with van der Waals surface area (Å²) in [6, 6.07) is 5.27. The molecule has 0 amide bonds. The van der Waals surface area contributed by atoms with Gasteiger partial charge in [-0.2, -0.15) is 0 Å². The Kier molecular flexibility index (Phi) is 4.85. The summed E-state index contributed by atoms with van der Waals surface area (Å²) >= 11 is 0. The van der Waals surface area contributed by atoms with Crippen molar-refractivity contribution in [3.05, 3.63) is 29.6 Å². The Balaban J connectivity index is 1.80. The molecule has 4 nitrogen and oxygen atoms in total. The van der Waals surface area contributed by atoms with Crippen molar-refractivity contribution in [2.45, 2.75) is 32.7 Å². The van der Waals surface area contributed by atoms with Crippen LogP contribution in [-0.4, -0.2) is 42.2 Å². The fraction of sp³-hybridized carbons (Fsp3) is 0.611. The first-order valence-electron chi connectivity index (χ1n) is 8.52. The van der Waals surface area contributed by atoms with Gasteiger partial charge < -0.3 is 10.0 Å². The van der Waals surface area contributed by atoms with E-state index in [1.54, 1.807) is 6.07 Å². The van der Waals surface area contributed by atoms with Crippen LogP contribution >= 0.6 is 0 Å². The van der Waals surface area contributed by atoms with Gasteiger partial charge in [-0.25, -0.2) is 4.39 Å². The van der Waals surface area contributed by atoms with E-state index >= 15 is 0 Å². The molecule has 126 valence electrons. The first kappa shape index (κ1) is 16.2. The van der Waals surface area contributed by atoms with Crippen LogP contribution in [0.5, 0.6) is 0 Å². The Labute approximate surface area is 136 Å². The van der Waals surface area contributed by atoms with E-state index in [4.69, 9.17) is 0 Å². The van der Waals surface area contributed by atoms with Gasteiger partial charge in [-0.3, -0.25) is 9.69 Å². The van der Waals surface area contributed by atoms with Gasteiger partial charge in [0.05, 0.1) is 5.92 Å². The Hall–Kier alpha value is -1.62. The van der Waals surface area contributed by atoms with Crippen LogP contribution in [0.3, 0.4) is 0 Å². The molecule has 0 aliphatic carbocycles. The summed E-state index contributed by atoms with van der Waals surface area (Å²) in [6.45, 7) is 5.86. The molecule has 0 bridgehead atoms. The van der Waals surface area contributed by atoms with Crippen molar-refractivity contribution in [2.24, 2.45) is 11.8 Å². The van der Waals surface area contributed by atoms with E-state index in [1.165, 1.54) is 6.07 Å². The van der Waals surface area contributed by atoms with E-state index < -0.39 is 5.97 Å². The molecule has 0 saturated carbocycles. The smallest absolute Gasteiger partial charge is 0.307 e. The highest BCUT2D eigenvalue weighted by molar-refractivity contribution is 5.70. The molecule has 0 radical (unpaired) electrons. The Morgan fingerprint density at radius 1 is 1.30 bits per heavy atom. The lowest BCUT2D eigenvalue weighted by molar-refractivity contribution is -0.144. The Morgan fingerprint density at radius 3 is 2.74 bits per heavy atom. The molecule has 1 aromatic carbocycles. The molecule has 0 spiro atoms. The highest BCUT2D eigenvalue weighted by Crippen LogP contribution is 2.30. The number of carboxylic acids is 1. The Bertz CT molecular complexity index is 572. The second-order valence-electron chi connectivity index (χ2n) is 7.00. The predicted octanol–water partition coefficient (Wildman–Crippen LogP) is 2.97. The van der Waals surface area contributed by atoms with E-state index in [1.807, 2.05) is 6.07 Å². The van der Waals surface area contributed by atoms with Crippen LogP contribution in [0.25, 0.3) is 0 Å². The van der Waals surface area contributed by atoms with Crippen LogP contribution in [0.4, 0.5) is 10.1 Å². The largest absolute Gasteiger partial charge is 0.481 e. The minimum absolute atomic E-state index is 0.181. The average molecular weight is 320 g/mol. The second-order valence-corrected chi connectivity index (χ2v) is 7.00. The summed E-state index contributed by atoms with van der Waals surface area (Å²) in [6.07, 6.45) is 3.01. The van der Waals surface area contributed by atoms with Crippen molar-refractivity contribution in [3.63, 3.8) is 0 Å². The molecule has 23 heavy (non-hydrogen) atoms. The molecule has 1 aromatic rings. The number of nitrogens with zero attached hydrogens (tertiary/aromatic N) is 2. The van der Waals surface area contributed by atoms with E-state index in [-0.39, 0.29) is 11.7 Å². The number of hydrogen-bond acceptors (Lipinski definition) is 3. The SMILES string of the molecule is CC1CC(C(=O)O)CN(Cc2c(F)cccc2N2CCCC2)C1. The number of carboxylic acid groups (broad SMARTS) is 1. The van der Waals surface area contributed by atoms with Crippen molar-refractivity contribution >= 4 is 11.7 Å². The maximum atomic E-state index is 14.4. The zero-order valence-electron chi connectivity index (χ0n) is 13.7. The van der Waals surface area contributed by atoms with Gasteiger partial charge >= 0.3 is 5.97 Å². The van der Waals surface area contributed by atoms with Crippen LogP contribution in [0, 0.1) is 17.7 Å². The molecule has 2 heterocycles. The van der Waals surface area contributed by atoms with Crippen molar-refractivity contribution in [1.82, 2.24) is 4.90 Å². The highest BCUT2D eigenvalue weighted by Gasteiger charge is 2.30. The third-order valence-corrected chi connectivity index (χ3v) is 5.01. The predicted molar refractivity (Wildman–Crippen MR) is 88.0 cm³/mol. The van der Waals surface area contributed by atoms with Gasteiger partial charge in [-0.05, 0) is 37.3 Å². The second kappa shape index (κ2) is 6.87. The maximum Gasteiger partial charge on any atom is 0.307 e. The highest BCUT2D eigenvalue weighted by atomic mass is 19.1. The summed E-state index contributed by atoms with van der Waals surface area (Å²) in [5.74, 6) is -0.943. The first-order chi connectivity index (χ1) is 11.0. The molecular formula is C18H25FN2O2. The number of hydrogen-bond donors (Lipinski definition) is 1. The van der Waals surface area contributed by atoms with E-state index in [0.717, 1.165) is 38.2 Å². The van der Waals surface area contributed by atoms with Gasteiger partial charge in [0.25, 0.3) is 0 Å². The molecule has 2 unspecified atom stereocenters. The van der Waals surface area contributed by atoms with E-state index in [9.17, 15) is 14.3 Å². The monoisotopic (exact) mass is 320 g/mol. The number of anilines is 1. The molecule has 2 atom stereocenters. The van der Waals surface area contributed by atoms with Crippen molar-refractivity contribution in [1.29, 1.82) is 0 Å². The molecule has 3 rings (SSSR count). The molecule has 0 aromatic heterocycles. The lowest BCUT2D eigenvalue weighted by atomic mass is 9.90. The van der Waals surface area contributed by atoms with Crippen molar-refractivity contribution in [2.75, 3.05) is 31.1 Å². The van der Waals surface area contributed by atoms with Crippen LogP contribution < -0.4 is 4.90 Å². The Morgan fingerprint density at radius 2 is 2.04 bits per heavy atom. The minimum atomic E-state index is -0.741. The number of likely N-dealkylation sites (tertiary alicyclic amines) is 1. The zero-order valence-corrected chi connectivity index (χ0v) is 13.7. The van der Waals surface area contributed by atoms with Crippen LogP contribution in [0.15, 0.2) is 18.2 Å². The summed E-state index contributed by atoms with van der Waals surface area (Å²) in [7, 11) is 0. The third kappa shape index (κ3) is 3.66. The summed E-state index contributed by atoms with van der Waals surface area (Å²) < 4.78 is 14.4. The number of halogens is 1. The number of piperidine rings is 1. The standard InChI is InChI=1S/C18H25FN2O2/c1-13-9-14(18(22)23)11-20(10-13)12-15-16(19)5-4-6-17(15)21-7-2-3-8-21/h4-6,13-14H,2-3,7-12H2,1H3,(H,22,23). The molecule has 1 N–H and O–H groups in total. The van der Waals surface area contributed by atoms with Gasteiger partial charge in [-0.1, -0.05) is 13.0 Å². The number of carbonyl (C=O) groups is 1. The maximum absolute atomic E-state index is 14.4. The summed E-state index contributed by atoms with van der Waals surface area (Å²) in [4.78, 5) is 15.7. The van der Waals surface area contributed by atoms with Crippen LogP contribution in [0.1, 0.15) is 31.7 Å². The molecule has 2 aliphatic heterocycles. The van der Waals surface area contributed by atoms with Gasteiger partial charge in [0.15, 0.2) is 0 Å². The molecule has 5 heteroatoms. The number of benzene rings is 1. The van der Waals surface area contributed by atoms with Crippen molar-refractivity contribution in [3.8, 4) is 0 Å². The number of aliphatic carboxylic acids is 1. The van der Waals surface area contributed by atoms with Gasteiger partial charge in [-0.15, -0.1) is 0 Å². The minimum Gasteiger partial charge on any atom is -0.481 e. The summed E-state index contributed by atoms with van der Waals surface area (Å²) in [5.41, 5.74) is 1.69. The number of rotatable bonds is 4. The quantitative estimate of drug-likeness (QED) is 0.926. The fourth-order valence-electron chi connectivity index (χ4n) is 3.95. The van der Waals surface area contributed by atoms with Gasteiger partial charge in [0.2, 0.25) is 0 Å². The zero-order chi connectivity index (χ0) is 16.4. The van der Waals surface area contributed by atoms with Gasteiger partial charge in [0, 0.05) is 44.0 Å². The molecule has 2 fully saturated rings. The van der Waals surface area contributed by atoms with Crippen molar-refractivity contribution < 1.29 is 14.3 Å². The molecular weight excluding hydrogens is 295 g/mol. The topological polar surface area (TPSA) is 43.8 Å². The fourth-order valence-corrected chi connectivity index (χ4v) is 3.95. The van der Waals surface area contributed by atoms with Gasteiger partial charge in [0.1, 0.15) is 5.82 Å². The van der Waals surface area contributed by atoms with Crippen LogP contribution in [-0.2, 0) is 11.3 Å².